The van der Waals surface area contributed by atoms with Crippen LogP contribution in [0.5, 0.6) is 0 Å². The quantitative estimate of drug-likeness (QED) is 0.566. The summed E-state index contributed by atoms with van der Waals surface area (Å²) >= 11 is 6.04. The van der Waals surface area contributed by atoms with E-state index >= 15 is 0 Å². The molecule has 1 aromatic carbocycles. The molecule has 0 N–H and O–H groups in total. The standard InChI is InChI=1S/C13H12ClNO/c1-8-7-12(13(14)15-8)11-5-3-10(4-6-11)9(2)16/h3-6H,7H2,1-2H3. The van der Waals surface area contributed by atoms with Crippen LogP contribution in [0.4, 0.5) is 0 Å². The second kappa shape index (κ2) is 4.22. The van der Waals surface area contributed by atoms with Gasteiger partial charge in [-0.15, -0.1) is 0 Å². The Bertz CT molecular complexity index is 497. The summed E-state index contributed by atoms with van der Waals surface area (Å²) in [4.78, 5) is 15.3. The average molecular weight is 234 g/mol. The topological polar surface area (TPSA) is 29.4 Å². The van der Waals surface area contributed by atoms with Crippen LogP contribution in [0.2, 0.25) is 0 Å². The first-order chi connectivity index (χ1) is 7.58. The number of rotatable bonds is 2. The van der Waals surface area contributed by atoms with Crippen LogP contribution in [0.3, 0.4) is 0 Å². The highest BCUT2D eigenvalue weighted by atomic mass is 35.5. The molecule has 0 saturated carbocycles. The van der Waals surface area contributed by atoms with Gasteiger partial charge in [-0.1, -0.05) is 35.9 Å². The molecule has 0 spiro atoms. The molecule has 0 amide bonds. The van der Waals surface area contributed by atoms with Gasteiger partial charge in [-0.3, -0.25) is 4.79 Å². The van der Waals surface area contributed by atoms with Gasteiger partial charge in [0.05, 0.1) is 0 Å². The number of nitrogens with zero attached hydrogens (tertiary/aromatic N) is 1. The Morgan fingerprint density at radius 2 is 1.94 bits per heavy atom. The molecule has 0 atom stereocenters. The van der Waals surface area contributed by atoms with E-state index in [9.17, 15) is 4.79 Å². The molecule has 1 heterocycles. The summed E-state index contributed by atoms with van der Waals surface area (Å²) in [6, 6.07) is 7.48. The van der Waals surface area contributed by atoms with Crippen LogP contribution in [0, 0.1) is 0 Å². The predicted octanol–water partition coefficient (Wildman–Crippen LogP) is 3.66. The number of carbonyl (C=O) groups excluding carboxylic acids is 1. The Kier molecular flexibility index (Phi) is 2.92. The second-order valence-electron chi connectivity index (χ2n) is 3.93. The van der Waals surface area contributed by atoms with E-state index in [4.69, 9.17) is 11.6 Å². The van der Waals surface area contributed by atoms with Crippen molar-refractivity contribution in [2.24, 2.45) is 4.99 Å². The van der Waals surface area contributed by atoms with Crippen LogP contribution < -0.4 is 0 Å². The summed E-state index contributed by atoms with van der Waals surface area (Å²) in [6.07, 6.45) is 0.790. The highest BCUT2D eigenvalue weighted by Gasteiger charge is 2.15. The lowest BCUT2D eigenvalue weighted by atomic mass is 10.0. The number of halogens is 1. The van der Waals surface area contributed by atoms with Crippen molar-refractivity contribution >= 4 is 28.7 Å². The zero-order chi connectivity index (χ0) is 11.7. The first-order valence-electron chi connectivity index (χ1n) is 5.12. The fourth-order valence-electron chi connectivity index (χ4n) is 1.73. The molecule has 0 aromatic heterocycles. The summed E-state index contributed by atoms with van der Waals surface area (Å²) < 4.78 is 0. The monoisotopic (exact) mass is 233 g/mol. The normalized spacial score (nSPS) is 15.3. The average Bonchev–Trinajstić information content (AvgIpc) is 2.58. The second-order valence-corrected chi connectivity index (χ2v) is 4.28. The van der Waals surface area contributed by atoms with E-state index in [1.165, 1.54) is 0 Å². The maximum absolute atomic E-state index is 11.1. The van der Waals surface area contributed by atoms with Crippen molar-refractivity contribution < 1.29 is 4.79 Å². The summed E-state index contributed by atoms with van der Waals surface area (Å²) in [5.41, 5.74) is 3.82. The van der Waals surface area contributed by atoms with E-state index in [0.29, 0.717) is 5.16 Å². The van der Waals surface area contributed by atoms with Crippen LogP contribution >= 0.6 is 11.6 Å². The summed E-state index contributed by atoms with van der Waals surface area (Å²) in [5.74, 6) is 0.0745. The first-order valence-corrected chi connectivity index (χ1v) is 5.50. The molecule has 82 valence electrons. The lowest BCUT2D eigenvalue weighted by Gasteiger charge is -2.03. The molecular weight excluding hydrogens is 222 g/mol. The Labute approximate surface area is 99.7 Å². The molecule has 1 aromatic rings. The molecule has 0 fully saturated rings. The fraction of sp³-hybridized carbons (Fsp3) is 0.231. The van der Waals surface area contributed by atoms with Crippen LogP contribution in [0.1, 0.15) is 36.2 Å². The highest BCUT2D eigenvalue weighted by molar-refractivity contribution is 6.34. The Morgan fingerprint density at radius 1 is 1.31 bits per heavy atom. The molecule has 2 rings (SSSR count). The van der Waals surface area contributed by atoms with Crippen molar-refractivity contribution in [3.8, 4) is 0 Å². The van der Waals surface area contributed by atoms with E-state index < -0.39 is 0 Å². The molecule has 0 radical (unpaired) electrons. The van der Waals surface area contributed by atoms with Crippen LogP contribution in [0.15, 0.2) is 34.4 Å². The highest BCUT2D eigenvalue weighted by Crippen LogP contribution is 2.31. The fourth-order valence-corrected chi connectivity index (χ4v) is 2.05. The van der Waals surface area contributed by atoms with Crippen molar-refractivity contribution in [3.05, 3.63) is 40.5 Å². The molecule has 16 heavy (non-hydrogen) atoms. The first kappa shape index (κ1) is 11.1. The largest absolute Gasteiger partial charge is 0.295 e. The number of aliphatic imine (C=N–C) groups is 1. The molecule has 2 nitrogen and oxygen atoms in total. The van der Waals surface area contributed by atoms with Gasteiger partial charge >= 0.3 is 0 Å². The van der Waals surface area contributed by atoms with Gasteiger partial charge in [-0.25, -0.2) is 4.99 Å². The number of ketones is 1. The molecule has 3 heteroatoms. The third kappa shape index (κ3) is 2.07. The minimum absolute atomic E-state index is 0.0745. The Balaban J connectivity index is 2.31. The molecular formula is C13H12ClNO. The van der Waals surface area contributed by atoms with Gasteiger partial charge in [0.2, 0.25) is 0 Å². The maximum Gasteiger partial charge on any atom is 0.159 e. The molecule has 0 unspecified atom stereocenters. The molecule has 1 aliphatic heterocycles. The molecule has 0 aliphatic carbocycles. The van der Waals surface area contributed by atoms with Gasteiger partial charge in [0.15, 0.2) is 5.78 Å². The number of allylic oxidation sites excluding steroid dienone is 1. The third-order valence-corrected chi connectivity index (χ3v) is 2.92. The lowest BCUT2D eigenvalue weighted by Crippen LogP contribution is -1.93. The van der Waals surface area contributed by atoms with E-state index in [2.05, 4.69) is 4.99 Å². The van der Waals surface area contributed by atoms with Crippen molar-refractivity contribution in [2.45, 2.75) is 20.3 Å². The molecule has 1 aliphatic rings. The smallest absolute Gasteiger partial charge is 0.159 e. The zero-order valence-corrected chi connectivity index (χ0v) is 10.0. The number of Topliss-reactive ketones (excluding diaryl/α,β-unsaturated/α-hetero) is 1. The van der Waals surface area contributed by atoms with Crippen LogP contribution in [0.25, 0.3) is 5.57 Å². The summed E-state index contributed by atoms with van der Waals surface area (Å²) in [5, 5.41) is 0.563. The third-order valence-electron chi connectivity index (χ3n) is 2.61. The maximum atomic E-state index is 11.1. The molecule has 0 bridgehead atoms. The minimum atomic E-state index is 0.0745. The van der Waals surface area contributed by atoms with Gasteiger partial charge < -0.3 is 0 Å². The van der Waals surface area contributed by atoms with Gasteiger partial charge in [-0.05, 0) is 19.4 Å². The summed E-state index contributed by atoms with van der Waals surface area (Å²) in [6.45, 7) is 3.52. The Hall–Kier alpha value is -1.41. The van der Waals surface area contributed by atoms with E-state index in [-0.39, 0.29) is 5.78 Å². The Morgan fingerprint density at radius 3 is 2.38 bits per heavy atom. The summed E-state index contributed by atoms with van der Waals surface area (Å²) in [7, 11) is 0. The van der Waals surface area contributed by atoms with E-state index in [0.717, 1.165) is 28.8 Å². The van der Waals surface area contributed by atoms with Crippen LogP contribution in [-0.2, 0) is 0 Å². The molecule has 0 saturated heterocycles. The number of hydrogen-bond donors (Lipinski definition) is 0. The zero-order valence-electron chi connectivity index (χ0n) is 9.25. The van der Waals surface area contributed by atoms with Gasteiger partial charge in [0.1, 0.15) is 5.16 Å². The van der Waals surface area contributed by atoms with Crippen molar-refractivity contribution in [1.82, 2.24) is 0 Å². The van der Waals surface area contributed by atoms with Crippen LogP contribution in [-0.4, -0.2) is 11.5 Å². The van der Waals surface area contributed by atoms with Gasteiger partial charge in [0, 0.05) is 23.3 Å². The van der Waals surface area contributed by atoms with Gasteiger partial charge in [0.25, 0.3) is 0 Å². The minimum Gasteiger partial charge on any atom is -0.295 e. The van der Waals surface area contributed by atoms with Crippen molar-refractivity contribution in [2.75, 3.05) is 0 Å². The number of benzene rings is 1. The number of carbonyl (C=O) groups is 1. The van der Waals surface area contributed by atoms with Crippen molar-refractivity contribution in [3.63, 3.8) is 0 Å². The van der Waals surface area contributed by atoms with Gasteiger partial charge in [-0.2, -0.15) is 0 Å². The lowest BCUT2D eigenvalue weighted by molar-refractivity contribution is 0.101. The predicted molar refractivity (Wildman–Crippen MR) is 66.9 cm³/mol. The van der Waals surface area contributed by atoms with Crippen molar-refractivity contribution in [1.29, 1.82) is 0 Å². The van der Waals surface area contributed by atoms with E-state index in [1.54, 1.807) is 6.92 Å². The number of hydrogen-bond acceptors (Lipinski definition) is 2. The van der Waals surface area contributed by atoms with E-state index in [1.807, 2.05) is 31.2 Å². The SMILES string of the molecule is CC(=O)c1ccc(C2=C(Cl)N=C(C)C2)cc1.